The van der Waals surface area contributed by atoms with E-state index in [0.29, 0.717) is 0 Å². The summed E-state index contributed by atoms with van der Waals surface area (Å²) in [7, 11) is 0. The summed E-state index contributed by atoms with van der Waals surface area (Å²) in [4.78, 5) is 2.33. The standard InChI is InChI=1S/C38H27N3/c1-5-15-28(16-6-1)39(29-17-7-2-8-18-29)32-25-26-34-36(27-32)41(31-21-11-4-12-22-31)37-33-23-13-14-24-35(33)40(38(34)37)30-19-9-3-10-20-30/h1-27H. The van der Waals surface area contributed by atoms with Crippen molar-refractivity contribution in [1.29, 1.82) is 0 Å². The monoisotopic (exact) mass is 525 g/mol. The maximum absolute atomic E-state index is 2.43. The molecule has 0 saturated carbocycles. The highest BCUT2D eigenvalue weighted by atomic mass is 15.1. The molecule has 0 spiro atoms. The predicted molar refractivity (Wildman–Crippen MR) is 172 cm³/mol. The normalized spacial score (nSPS) is 11.4. The molecule has 41 heavy (non-hydrogen) atoms. The van der Waals surface area contributed by atoms with Crippen molar-refractivity contribution in [1.82, 2.24) is 9.13 Å². The first-order valence-electron chi connectivity index (χ1n) is 14.0. The summed E-state index contributed by atoms with van der Waals surface area (Å²) < 4.78 is 4.85. The number of fused-ring (bicyclic) bond motifs is 5. The lowest BCUT2D eigenvalue weighted by Crippen LogP contribution is -2.09. The third-order valence-electron chi connectivity index (χ3n) is 7.86. The molecule has 0 atom stereocenters. The minimum Gasteiger partial charge on any atom is -0.310 e. The van der Waals surface area contributed by atoms with Crippen LogP contribution in [-0.4, -0.2) is 9.13 Å². The summed E-state index contributed by atoms with van der Waals surface area (Å²) in [5.74, 6) is 0. The zero-order chi connectivity index (χ0) is 27.2. The van der Waals surface area contributed by atoms with Gasteiger partial charge >= 0.3 is 0 Å². The molecule has 8 aromatic rings. The van der Waals surface area contributed by atoms with Gasteiger partial charge in [0.15, 0.2) is 0 Å². The molecule has 0 aliphatic heterocycles. The van der Waals surface area contributed by atoms with Crippen molar-refractivity contribution in [2.45, 2.75) is 0 Å². The van der Waals surface area contributed by atoms with Crippen LogP contribution < -0.4 is 4.90 Å². The van der Waals surface area contributed by atoms with Crippen molar-refractivity contribution in [3.05, 3.63) is 164 Å². The van der Waals surface area contributed by atoms with E-state index >= 15 is 0 Å². The van der Waals surface area contributed by atoms with E-state index in [0.717, 1.165) is 28.4 Å². The molecule has 0 unspecified atom stereocenters. The van der Waals surface area contributed by atoms with Crippen molar-refractivity contribution in [2.75, 3.05) is 4.90 Å². The average molecular weight is 526 g/mol. The van der Waals surface area contributed by atoms with Gasteiger partial charge in [0.1, 0.15) is 0 Å². The van der Waals surface area contributed by atoms with Gasteiger partial charge in [0.05, 0.1) is 22.1 Å². The van der Waals surface area contributed by atoms with Crippen molar-refractivity contribution in [3.63, 3.8) is 0 Å². The molecule has 194 valence electrons. The van der Waals surface area contributed by atoms with Crippen LogP contribution in [0, 0.1) is 0 Å². The van der Waals surface area contributed by atoms with Crippen LogP contribution in [0.4, 0.5) is 17.1 Å². The molecular formula is C38H27N3. The molecule has 0 aliphatic carbocycles. The molecule has 2 heterocycles. The molecule has 8 rings (SSSR count). The number of hydrogen-bond donors (Lipinski definition) is 0. The minimum absolute atomic E-state index is 1.11. The van der Waals surface area contributed by atoms with Crippen molar-refractivity contribution < 1.29 is 0 Å². The Kier molecular flexibility index (Phi) is 5.46. The first kappa shape index (κ1) is 23.4. The molecule has 0 amide bonds. The first-order valence-corrected chi connectivity index (χ1v) is 14.0. The Morgan fingerprint density at radius 3 is 1.34 bits per heavy atom. The van der Waals surface area contributed by atoms with E-state index in [9.17, 15) is 0 Å². The Morgan fingerprint density at radius 2 is 0.780 bits per heavy atom. The smallest absolute Gasteiger partial charge is 0.0803 e. The molecular weight excluding hydrogens is 498 g/mol. The highest BCUT2D eigenvalue weighted by molar-refractivity contribution is 6.20. The van der Waals surface area contributed by atoms with Gasteiger partial charge in [-0.1, -0.05) is 91.0 Å². The third-order valence-corrected chi connectivity index (χ3v) is 7.86. The number of anilines is 3. The molecule has 0 radical (unpaired) electrons. The van der Waals surface area contributed by atoms with Crippen LogP contribution >= 0.6 is 0 Å². The zero-order valence-corrected chi connectivity index (χ0v) is 22.4. The van der Waals surface area contributed by atoms with Crippen molar-refractivity contribution >= 4 is 49.9 Å². The van der Waals surface area contributed by atoms with Gasteiger partial charge in [-0.25, -0.2) is 0 Å². The van der Waals surface area contributed by atoms with E-state index < -0.39 is 0 Å². The summed E-state index contributed by atoms with van der Waals surface area (Å²) in [6.45, 7) is 0. The van der Waals surface area contributed by atoms with Crippen LogP contribution in [0.1, 0.15) is 0 Å². The third kappa shape index (κ3) is 3.75. The van der Waals surface area contributed by atoms with Crippen molar-refractivity contribution in [2.24, 2.45) is 0 Å². The molecule has 0 N–H and O–H groups in total. The Balaban J connectivity index is 1.50. The predicted octanol–water partition coefficient (Wildman–Crippen LogP) is 10.2. The van der Waals surface area contributed by atoms with Gasteiger partial charge in [-0.15, -0.1) is 0 Å². The van der Waals surface area contributed by atoms with Crippen LogP contribution in [0.25, 0.3) is 44.2 Å². The van der Waals surface area contributed by atoms with E-state index in [1.807, 2.05) is 0 Å². The van der Waals surface area contributed by atoms with Gasteiger partial charge in [-0.05, 0) is 72.8 Å². The quantitative estimate of drug-likeness (QED) is 0.218. The highest BCUT2D eigenvalue weighted by Gasteiger charge is 2.23. The van der Waals surface area contributed by atoms with Gasteiger partial charge in [-0.3, -0.25) is 0 Å². The summed E-state index contributed by atoms with van der Waals surface area (Å²) in [5, 5.41) is 2.45. The second kappa shape index (κ2) is 9.58. The van der Waals surface area contributed by atoms with E-state index in [2.05, 4.69) is 178 Å². The minimum atomic E-state index is 1.11. The Bertz CT molecular complexity index is 2090. The number of para-hydroxylation sites is 5. The first-order chi connectivity index (χ1) is 20.4. The van der Waals surface area contributed by atoms with E-state index in [1.54, 1.807) is 0 Å². The van der Waals surface area contributed by atoms with Crippen LogP contribution in [0.5, 0.6) is 0 Å². The molecule has 0 saturated heterocycles. The number of nitrogens with zero attached hydrogens (tertiary/aromatic N) is 3. The summed E-state index contributed by atoms with van der Waals surface area (Å²) in [5.41, 5.74) is 10.5. The fourth-order valence-corrected chi connectivity index (χ4v) is 6.15. The molecule has 0 bridgehead atoms. The Labute approximate surface area is 238 Å². The van der Waals surface area contributed by atoms with E-state index in [-0.39, 0.29) is 0 Å². The van der Waals surface area contributed by atoms with Gasteiger partial charge in [0.2, 0.25) is 0 Å². The fraction of sp³-hybridized carbons (Fsp3) is 0. The largest absolute Gasteiger partial charge is 0.310 e. The summed E-state index contributed by atoms with van der Waals surface area (Å²) in [6, 6.07) is 58.2. The van der Waals surface area contributed by atoms with E-state index in [1.165, 1.54) is 32.8 Å². The van der Waals surface area contributed by atoms with Crippen LogP contribution in [-0.2, 0) is 0 Å². The molecule has 3 heteroatoms. The topological polar surface area (TPSA) is 13.1 Å². The average Bonchev–Trinajstić information content (AvgIpc) is 3.55. The maximum atomic E-state index is 2.43. The fourth-order valence-electron chi connectivity index (χ4n) is 6.15. The summed E-state index contributed by atoms with van der Waals surface area (Å²) >= 11 is 0. The number of aromatic nitrogens is 2. The second-order valence-electron chi connectivity index (χ2n) is 10.3. The van der Waals surface area contributed by atoms with Gasteiger partial charge < -0.3 is 14.0 Å². The van der Waals surface area contributed by atoms with Crippen LogP contribution in [0.15, 0.2) is 164 Å². The SMILES string of the molecule is c1ccc(N(c2ccccc2)c2ccc3c(c2)n(-c2ccccc2)c2c4ccccc4n(-c4ccccc4)c32)cc1. The number of rotatable bonds is 5. The van der Waals surface area contributed by atoms with E-state index in [4.69, 9.17) is 0 Å². The van der Waals surface area contributed by atoms with Gasteiger partial charge in [0, 0.05) is 39.2 Å². The lowest BCUT2D eigenvalue weighted by molar-refractivity contribution is 1.17. The number of hydrogen-bond acceptors (Lipinski definition) is 1. The Hall–Kier alpha value is -5.54. The van der Waals surface area contributed by atoms with Gasteiger partial charge in [-0.2, -0.15) is 0 Å². The maximum Gasteiger partial charge on any atom is 0.0803 e. The zero-order valence-electron chi connectivity index (χ0n) is 22.4. The summed E-state index contributed by atoms with van der Waals surface area (Å²) in [6.07, 6.45) is 0. The molecule has 0 fully saturated rings. The second-order valence-corrected chi connectivity index (χ2v) is 10.3. The Morgan fingerprint density at radius 1 is 0.341 bits per heavy atom. The molecule has 3 nitrogen and oxygen atoms in total. The molecule has 0 aliphatic rings. The van der Waals surface area contributed by atoms with Crippen LogP contribution in [0.2, 0.25) is 0 Å². The van der Waals surface area contributed by atoms with Crippen molar-refractivity contribution in [3.8, 4) is 11.4 Å². The lowest BCUT2D eigenvalue weighted by Gasteiger charge is -2.25. The number of benzene rings is 6. The molecule has 2 aromatic heterocycles. The highest BCUT2D eigenvalue weighted by Crippen LogP contribution is 2.43. The lowest BCUT2D eigenvalue weighted by atomic mass is 10.1. The van der Waals surface area contributed by atoms with Crippen LogP contribution in [0.3, 0.4) is 0 Å². The van der Waals surface area contributed by atoms with Gasteiger partial charge in [0.25, 0.3) is 0 Å². The molecule has 6 aromatic carbocycles.